The van der Waals surface area contributed by atoms with Crippen molar-refractivity contribution in [3.05, 3.63) is 64.3 Å². The number of nitrogens with zero attached hydrogens (tertiary/aromatic N) is 1. The lowest BCUT2D eigenvalue weighted by molar-refractivity contribution is -0.120. The summed E-state index contributed by atoms with van der Waals surface area (Å²) in [6.07, 6.45) is 3.22. The summed E-state index contributed by atoms with van der Waals surface area (Å²) in [4.78, 5) is 24.8. The van der Waals surface area contributed by atoms with E-state index in [1.807, 2.05) is 0 Å². The largest absolute Gasteiger partial charge is 0.321 e. The number of halogens is 1. The Morgan fingerprint density at radius 1 is 1.21 bits per heavy atom. The maximum absolute atomic E-state index is 13.0. The summed E-state index contributed by atoms with van der Waals surface area (Å²) in [5.74, 6) is -0.474. The normalized spacial score (nSPS) is 15.2. The van der Waals surface area contributed by atoms with Crippen molar-refractivity contribution in [3.8, 4) is 0 Å². The zero-order valence-corrected chi connectivity index (χ0v) is 13.3. The summed E-state index contributed by atoms with van der Waals surface area (Å²) in [5.41, 5.74) is 0.840. The summed E-state index contributed by atoms with van der Waals surface area (Å²) in [5, 5.41) is 5.97. The minimum absolute atomic E-state index is 0.0589. The standard InChI is InChI=1S/C18H20FN3O2/c19-15-5-3-13(4-6-15)12-22-11-1-2-16(18(22)24)21-17(23)14-7-9-20-10-8-14/h1-6,11,14,20H,7-10,12H2,(H,21,23). The summed E-state index contributed by atoms with van der Waals surface area (Å²) in [6.45, 7) is 1.97. The van der Waals surface area contributed by atoms with Crippen molar-refractivity contribution in [3.63, 3.8) is 0 Å². The average molecular weight is 329 g/mol. The quantitative estimate of drug-likeness (QED) is 0.901. The lowest BCUT2D eigenvalue weighted by Gasteiger charge is -2.21. The molecule has 6 heteroatoms. The predicted octanol–water partition coefficient (Wildman–Crippen LogP) is 1.97. The van der Waals surface area contributed by atoms with Gasteiger partial charge in [0.05, 0.1) is 6.54 Å². The van der Waals surface area contributed by atoms with Crippen molar-refractivity contribution >= 4 is 11.6 Å². The fourth-order valence-corrected chi connectivity index (χ4v) is 2.86. The number of anilines is 1. The van der Waals surface area contributed by atoms with E-state index in [1.165, 1.54) is 16.7 Å². The number of pyridine rings is 1. The van der Waals surface area contributed by atoms with Crippen LogP contribution in [0.25, 0.3) is 0 Å². The van der Waals surface area contributed by atoms with E-state index >= 15 is 0 Å². The van der Waals surface area contributed by atoms with Crippen LogP contribution in [0, 0.1) is 11.7 Å². The molecule has 1 fully saturated rings. The number of hydrogen-bond acceptors (Lipinski definition) is 3. The van der Waals surface area contributed by atoms with Crippen molar-refractivity contribution in [2.24, 2.45) is 5.92 Å². The maximum atomic E-state index is 13.0. The molecule has 126 valence electrons. The van der Waals surface area contributed by atoms with Crippen LogP contribution in [-0.4, -0.2) is 23.6 Å². The molecule has 1 aliphatic rings. The summed E-state index contributed by atoms with van der Waals surface area (Å²) in [7, 11) is 0. The van der Waals surface area contributed by atoms with Crippen LogP contribution in [0.1, 0.15) is 18.4 Å². The van der Waals surface area contributed by atoms with Crippen molar-refractivity contribution < 1.29 is 9.18 Å². The third-order valence-corrected chi connectivity index (χ3v) is 4.25. The van der Waals surface area contributed by atoms with Gasteiger partial charge in [0.2, 0.25) is 5.91 Å². The number of carbonyl (C=O) groups excluding carboxylic acids is 1. The molecule has 0 unspecified atom stereocenters. The molecule has 1 aromatic carbocycles. The molecule has 1 aliphatic heterocycles. The van der Waals surface area contributed by atoms with Crippen LogP contribution in [0.3, 0.4) is 0 Å². The molecule has 2 N–H and O–H groups in total. The first-order valence-corrected chi connectivity index (χ1v) is 8.09. The number of amides is 1. The lowest BCUT2D eigenvalue weighted by atomic mass is 9.97. The van der Waals surface area contributed by atoms with E-state index in [9.17, 15) is 14.0 Å². The number of carbonyl (C=O) groups is 1. The van der Waals surface area contributed by atoms with Crippen LogP contribution in [0.15, 0.2) is 47.4 Å². The van der Waals surface area contributed by atoms with Gasteiger partial charge in [0.25, 0.3) is 5.56 Å². The molecule has 1 amide bonds. The van der Waals surface area contributed by atoms with Gasteiger partial charge in [-0.05, 0) is 55.8 Å². The molecule has 2 aromatic rings. The highest BCUT2D eigenvalue weighted by Gasteiger charge is 2.21. The topological polar surface area (TPSA) is 63.1 Å². The molecule has 0 spiro atoms. The van der Waals surface area contributed by atoms with Gasteiger partial charge in [0, 0.05) is 12.1 Å². The lowest BCUT2D eigenvalue weighted by Crippen LogP contribution is -2.36. The second kappa shape index (κ2) is 7.40. The number of piperidine rings is 1. The third kappa shape index (κ3) is 3.89. The Kier molecular flexibility index (Phi) is 5.05. The second-order valence-electron chi connectivity index (χ2n) is 5.99. The van der Waals surface area contributed by atoms with E-state index < -0.39 is 0 Å². The van der Waals surface area contributed by atoms with Crippen molar-refractivity contribution in [1.29, 1.82) is 0 Å². The second-order valence-corrected chi connectivity index (χ2v) is 5.99. The van der Waals surface area contributed by atoms with Gasteiger partial charge in [-0.25, -0.2) is 4.39 Å². The molecule has 3 rings (SSSR count). The highest BCUT2D eigenvalue weighted by molar-refractivity contribution is 5.92. The van der Waals surface area contributed by atoms with E-state index in [2.05, 4.69) is 10.6 Å². The first-order chi connectivity index (χ1) is 11.6. The molecule has 0 saturated carbocycles. The zero-order valence-electron chi connectivity index (χ0n) is 13.3. The minimum Gasteiger partial charge on any atom is -0.321 e. The monoisotopic (exact) mass is 329 g/mol. The molecular formula is C18H20FN3O2. The molecule has 1 aromatic heterocycles. The molecule has 1 saturated heterocycles. The molecule has 5 nitrogen and oxygen atoms in total. The van der Waals surface area contributed by atoms with Gasteiger partial charge in [0.15, 0.2) is 0 Å². The Balaban J connectivity index is 1.74. The SMILES string of the molecule is O=C(Nc1cccn(Cc2ccc(F)cc2)c1=O)C1CCNCC1. The fourth-order valence-electron chi connectivity index (χ4n) is 2.86. The Bertz CT molecular complexity index is 765. The first-order valence-electron chi connectivity index (χ1n) is 8.09. The number of benzene rings is 1. The van der Waals surface area contributed by atoms with Crippen LogP contribution in [0.5, 0.6) is 0 Å². The van der Waals surface area contributed by atoms with Gasteiger partial charge < -0.3 is 15.2 Å². The minimum atomic E-state index is -0.311. The predicted molar refractivity (Wildman–Crippen MR) is 90.4 cm³/mol. The van der Waals surface area contributed by atoms with Crippen LogP contribution in [0.2, 0.25) is 0 Å². The first kappa shape index (κ1) is 16.4. The average Bonchev–Trinajstić information content (AvgIpc) is 2.61. The zero-order chi connectivity index (χ0) is 16.9. The Labute approximate surface area is 139 Å². The van der Waals surface area contributed by atoms with E-state index in [0.29, 0.717) is 6.54 Å². The van der Waals surface area contributed by atoms with Crippen LogP contribution < -0.4 is 16.2 Å². The number of nitrogens with one attached hydrogen (secondary N) is 2. The van der Waals surface area contributed by atoms with E-state index in [-0.39, 0.29) is 28.9 Å². The molecule has 0 atom stereocenters. The van der Waals surface area contributed by atoms with Crippen molar-refractivity contribution in [2.45, 2.75) is 19.4 Å². The van der Waals surface area contributed by atoms with Gasteiger partial charge in [-0.15, -0.1) is 0 Å². The number of hydrogen-bond donors (Lipinski definition) is 2. The van der Waals surface area contributed by atoms with Crippen LogP contribution in [-0.2, 0) is 11.3 Å². The molecule has 24 heavy (non-hydrogen) atoms. The fraction of sp³-hybridized carbons (Fsp3) is 0.333. The molecule has 2 heterocycles. The Morgan fingerprint density at radius 2 is 1.92 bits per heavy atom. The van der Waals surface area contributed by atoms with Crippen molar-refractivity contribution in [1.82, 2.24) is 9.88 Å². The van der Waals surface area contributed by atoms with E-state index in [4.69, 9.17) is 0 Å². The smallest absolute Gasteiger partial charge is 0.274 e. The Hall–Kier alpha value is -2.47. The summed E-state index contributed by atoms with van der Waals surface area (Å²) < 4.78 is 14.5. The molecule has 0 bridgehead atoms. The molecule has 0 aliphatic carbocycles. The highest BCUT2D eigenvalue weighted by atomic mass is 19.1. The van der Waals surface area contributed by atoms with E-state index in [0.717, 1.165) is 31.5 Å². The number of rotatable bonds is 4. The van der Waals surface area contributed by atoms with Gasteiger partial charge in [-0.1, -0.05) is 12.1 Å². The van der Waals surface area contributed by atoms with Gasteiger partial charge >= 0.3 is 0 Å². The number of aromatic nitrogens is 1. The molecule has 0 radical (unpaired) electrons. The maximum Gasteiger partial charge on any atom is 0.274 e. The summed E-state index contributed by atoms with van der Waals surface area (Å²) in [6, 6.07) is 9.35. The summed E-state index contributed by atoms with van der Waals surface area (Å²) >= 11 is 0. The highest BCUT2D eigenvalue weighted by Crippen LogP contribution is 2.14. The van der Waals surface area contributed by atoms with E-state index in [1.54, 1.807) is 30.5 Å². The van der Waals surface area contributed by atoms with Crippen molar-refractivity contribution in [2.75, 3.05) is 18.4 Å². The third-order valence-electron chi connectivity index (χ3n) is 4.25. The van der Waals surface area contributed by atoms with Gasteiger partial charge in [-0.3, -0.25) is 9.59 Å². The molecular weight excluding hydrogens is 309 g/mol. The van der Waals surface area contributed by atoms with Crippen LogP contribution >= 0.6 is 0 Å². The van der Waals surface area contributed by atoms with Gasteiger partial charge in [-0.2, -0.15) is 0 Å². The Morgan fingerprint density at radius 3 is 2.62 bits per heavy atom. The van der Waals surface area contributed by atoms with Gasteiger partial charge in [0.1, 0.15) is 11.5 Å². The van der Waals surface area contributed by atoms with Crippen LogP contribution in [0.4, 0.5) is 10.1 Å².